The number of hydrogen-bond donors (Lipinski definition) is 1. The highest BCUT2D eigenvalue weighted by molar-refractivity contribution is 5.68. The largest absolute Gasteiger partial charge is 0.444 e. The van der Waals surface area contributed by atoms with Crippen molar-refractivity contribution in [1.82, 2.24) is 9.97 Å². The second kappa shape index (κ2) is 3.18. The molecule has 0 unspecified atom stereocenters. The van der Waals surface area contributed by atoms with Crippen LogP contribution in [0.3, 0.4) is 0 Å². The fourth-order valence-electron chi connectivity index (χ4n) is 1.06. The highest BCUT2D eigenvalue weighted by Gasteiger charge is 2.08. The summed E-state index contributed by atoms with van der Waals surface area (Å²) in [6.07, 6.45) is 4.35. The number of nitrogens with two attached hydrogens (primary N) is 1. The van der Waals surface area contributed by atoms with Crippen LogP contribution in [0, 0.1) is 11.3 Å². The molecule has 5 nitrogen and oxygen atoms in total. The molecule has 2 aromatic rings. The van der Waals surface area contributed by atoms with E-state index in [0.717, 1.165) is 0 Å². The van der Waals surface area contributed by atoms with Gasteiger partial charge < -0.3 is 10.2 Å². The Morgan fingerprint density at radius 1 is 1.43 bits per heavy atom. The fraction of sp³-hybridized carbons (Fsp3) is 0. The van der Waals surface area contributed by atoms with Gasteiger partial charge in [-0.15, -0.1) is 0 Å². The molecule has 0 aromatic carbocycles. The highest BCUT2D eigenvalue weighted by atomic mass is 16.3. The summed E-state index contributed by atoms with van der Waals surface area (Å²) in [5.74, 6) is 0.665. The second-order valence-electron chi connectivity index (χ2n) is 2.61. The number of nitrogens with zero attached hydrogens (tertiary/aromatic N) is 3. The number of oxazole rings is 1. The summed E-state index contributed by atoms with van der Waals surface area (Å²) < 4.78 is 5.06. The van der Waals surface area contributed by atoms with E-state index in [1.165, 1.54) is 18.7 Å². The quantitative estimate of drug-likeness (QED) is 0.722. The molecular formula is C9H6N4O. The zero-order chi connectivity index (χ0) is 9.97. The van der Waals surface area contributed by atoms with Gasteiger partial charge in [-0.1, -0.05) is 0 Å². The lowest BCUT2D eigenvalue weighted by Gasteiger charge is -1.99. The average Bonchev–Trinajstić information content (AvgIpc) is 2.71. The maximum absolute atomic E-state index is 8.67. The first-order valence-corrected chi connectivity index (χ1v) is 3.87. The Kier molecular flexibility index (Phi) is 1.88. The lowest BCUT2D eigenvalue weighted by atomic mass is 10.2. The van der Waals surface area contributed by atoms with Crippen molar-refractivity contribution in [2.45, 2.75) is 0 Å². The summed E-state index contributed by atoms with van der Waals surface area (Å²) in [6, 6.07) is 3.56. The molecule has 68 valence electrons. The highest BCUT2D eigenvalue weighted by Crippen LogP contribution is 2.22. The van der Waals surface area contributed by atoms with Crippen LogP contribution in [0.15, 0.2) is 29.1 Å². The number of pyridine rings is 1. The Morgan fingerprint density at radius 2 is 2.29 bits per heavy atom. The molecule has 2 N–H and O–H groups in total. The van der Waals surface area contributed by atoms with E-state index in [2.05, 4.69) is 9.97 Å². The molecule has 2 aromatic heterocycles. The minimum absolute atomic E-state index is 0.298. The van der Waals surface area contributed by atoms with Crippen LogP contribution >= 0.6 is 0 Å². The Morgan fingerprint density at radius 3 is 2.93 bits per heavy atom. The lowest BCUT2D eigenvalue weighted by Crippen LogP contribution is -1.94. The van der Waals surface area contributed by atoms with E-state index in [1.807, 2.05) is 6.07 Å². The molecule has 2 rings (SSSR count). The summed E-state index contributed by atoms with van der Waals surface area (Å²) in [6.45, 7) is 0. The van der Waals surface area contributed by atoms with Crippen LogP contribution in [0.2, 0.25) is 0 Å². The van der Waals surface area contributed by atoms with Gasteiger partial charge in [0.15, 0.2) is 0 Å². The van der Waals surface area contributed by atoms with Crippen molar-refractivity contribution >= 4 is 5.82 Å². The van der Waals surface area contributed by atoms with E-state index in [0.29, 0.717) is 22.8 Å². The van der Waals surface area contributed by atoms with Crippen LogP contribution in [-0.2, 0) is 0 Å². The topological polar surface area (TPSA) is 88.7 Å². The summed E-state index contributed by atoms with van der Waals surface area (Å²) in [4.78, 5) is 7.79. The summed E-state index contributed by atoms with van der Waals surface area (Å²) in [5.41, 5.74) is 6.57. The average molecular weight is 186 g/mol. The van der Waals surface area contributed by atoms with Gasteiger partial charge in [0, 0.05) is 6.20 Å². The van der Waals surface area contributed by atoms with Crippen LogP contribution in [0.25, 0.3) is 11.5 Å². The van der Waals surface area contributed by atoms with Crippen molar-refractivity contribution in [2.75, 3.05) is 5.73 Å². The van der Waals surface area contributed by atoms with E-state index < -0.39 is 0 Å². The molecular weight excluding hydrogens is 180 g/mol. The van der Waals surface area contributed by atoms with Gasteiger partial charge in [-0.2, -0.15) is 5.26 Å². The Balaban J connectivity index is 2.58. The molecule has 14 heavy (non-hydrogen) atoms. The number of hydrogen-bond acceptors (Lipinski definition) is 5. The van der Waals surface area contributed by atoms with Crippen molar-refractivity contribution in [3.05, 3.63) is 30.3 Å². The molecule has 0 saturated carbocycles. The number of anilines is 1. The van der Waals surface area contributed by atoms with Gasteiger partial charge in [-0.05, 0) is 6.07 Å². The SMILES string of the molecule is N#Cc1cnc(N)c(-c2ncco2)c1. The predicted molar refractivity (Wildman–Crippen MR) is 48.9 cm³/mol. The van der Waals surface area contributed by atoms with Crippen molar-refractivity contribution < 1.29 is 4.42 Å². The van der Waals surface area contributed by atoms with E-state index in [9.17, 15) is 0 Å². The number of aromatic nitrogens is 2. The molecule has 0 aliphatic carbocycles. The number of rotatable bonds is 1. The van der Waals surface area contributed by atoms with Crippen LogP contribution in [0.1, 0.15) is 5.56 Å². The van der Waals surface area contributed by atoms with Gasteiger partial charge in [0.2, 0.25) is 5.89 Å². The van der Waals surface area contributed by atoms with Crippen LogP contribution in [0.5, 0.6) is 0 Å². The van der Waals surface area contributed by atoms with Crippen LogP contribution < -0.4 is 5.73 Å². The predicted octanol–water partition coefficient (Wildman–Crippen LogP) is 1.19. The van der Waals surface area contributed by atoms with Crippen LogP contribution in [-0.4, -0.2) is 9.97 Å². The smallest absolute Gasteiger partial charge is 0.229 e. The van der Waals surface area contributed by atoms with Crippen molar-refractivity contribution in [2.24, 2.45) is 0 Å². The first-order valence-electron chi connectivity index (χ1n) is 3.87. The molecule has 0 radical (unpaired) electrons. The van der Waals surface area contributed by atoms with Gasteiger partial charge >= 0.3 is 0 Å². The summed E-state index contributed by atoms with van der Waals surface area (Å²) in [5, 5.41) is 8.67. The molecule has 0 aliphatic heterocycles. The van der Waals surface area contributed by atoms with E-state index in [1.54, 1.807) is 6.07 Å². The van der Waals surface area contributed by atoms with Crippen molar-refractivity contribution in [1.29, 1.82) is 5.26 Å². The minimum Gasteiger partial charge on any atom is -0.444 e. The third-order valence-corrected chi connectivity index (χ3v) is 1.71. The molecule has 0 aliphatic rings. The Hall–Kier alpha value is -2.35. The minimum atomic E-state index is 0.298. The Labute approximate surface area is 79.8 Å². The zero-order valence-electron chi connectivity index (χ0n) is 7.14. The Bertz CT molecular complexity index is 484. The molecule has 0 saturated heterocycles. The number of nitrogen functional groups attached to an aromatic ring is 1. The monoisotopic (exact) mass is 186 g/mol. The van der Waals surface area contributed by atoms with Crippen LogP contribution in [0.4, 0.5) is 5.82 Å². The zero-order valence-corrected chi connectivity index (χ0v) is 7.14. The third-order valence-electron chi connectivity index (χ3n) is 1.71. The molecule has 0 bridgehead atoms. The third kappa shape index (κ3) is 1.29. The second-order valence-corrected chi connectivity index (χ2v) is 2.61. The normalized spacial score (nSPS) is 9.64. The van der Waals surface area contributed by atoms with Gasteiger partial charge in [0.1, 0.15) is 18.2 Å². The van der Waals surface area contributed by atoms with Crippen molar-refractivity contribution in [3.63, 3.8) is 0 Å². The molecule has 5 heteroatoms. The maximum Gasteiger partial charge on any atom is 0.229 e. The van der Waals surface area contributed by atoms with E-state index >= 15 is 0 Å². The molecule has 2 heterocycles. The van der Waals surface area contributed by atoms with E-state index in [4.69, 9.17) is 15.4 Å². The van der Waals surface area contributed by atoms with Gasteiger partial charge in [0.05, 0.1) is 17.3 Å². The first-order chi connectivity index (χ1) is 6.81. The van der Waals surface area contributed by atoms with Gasteiger partial charge in [-0.3, -0.25) is 0 Å². The maximum atomic E-state index is 8.67. The van der Waals surface area contributed by atoms with E-state index in [-0.39, 0.29) is 0 Å². The molecule has 0 spiro atoms. The fourth-order valence-corrected chi connectivity index (χ4v) is 1.06. The summed E-state index contributed by atoms with van der Waals surface area (Å²) >= 11 is 0. The molecule has 0 amide bonds. The molecule has 0 fully saturated rings. The van der Waals surface area contributed by atoms with Gasteiger partial charge in [-0.25, -0.2) is 9.97 Å². The number of nitriles is 1. The summed E-state index contributed by atoms with van der Waals surface area (Å²) in [7, 11) is 0. The van der Waals surface area contributed by atoms with Gasteiger partial charge in [0.25, 0.3) is 0 Å². The van der Waals surface area contributed by atoms with Crippen molar-refractivity contribution in [3.8, 4) is 17.5 Å². The lowest BCUT2D eigenvalue weighted by molar-refractivity contribution is 0.574. The first kappa shape index (κ1) is 8.26. The molecule has 0 atom stereocenters. The standard InChI is InChI=1S/C9H6N4O/c10-4-6-3-7(8(11)13-5-6)9-12-1-2-14-9/h1-3,5H,(H2,11,13).